The summed E-state index contributed by atoms with van der Waals surface area (Å²) in [5.74, 6) is -0.110. The van der Waals surface area contributed by atoms with Crippen LogP contribution in [0.3, 0.4) is 0 Å². The Hall–Kier alpha value is -1.54. The number of halogens is 4. The van der Waals surface area contributed by atoms with Crippen LogP contribution in [0.2, 0.25) is 20.1 Å². The third kappa shape index (κ3) is 10.1. The predicted octanol–water partition coefficient (Wildman–Crippen LogP) is 7.05. The first-order chi connectivity index (χ1) is 17.3. The minimum Gasteiger partial charge on any atom is -0.360 e. The normalized spacial score (nSPS) is 14.7. The highest BCUT2D eigenvalue weighted by Crippen LogP contribution is 2.25. The average molecular weight is 588 g/mol. The first-order valence-electron chi connectivity index (χ1n) is 12.0. The lowest BCUT2D eigenvalue weighted by Crippen LogP contribution is -2.46. The van der Waals surface area contributed by atoms with Gasteiger partial charge in [0.05, 0.1) is 20.8 Å². The highest BCUT2D eigenvalue weighted by Gasteiger charge is 2.19. The quantitative estimate of drug-likeness (QED) is 0.158. The van der Waals surface area contributed by atoms with E-state index in [1.54, 1.807) is 30.3 Å². The Morgan fingerprint density at radius 1 is 0.972 bits per heavy atom. The van der Waals surface area contributed by atoms with Gasteiger partial charge in [-0.2, -0.15) is 0 Å². The van der Waals surface area contributed by atoms with Crippen molar-refractivity contribution in [2.24, 2.45) is 0 Å². The third-order valence-electron chi connectivity index (χ3n) is 5.92. The standard InChI is InChI=1S/C26H30Cl4N4OS/c27-19-6-8-24(23(30)17-19)33-26(36)32-20-10-14-34(15-11-20)13-3-1-2-12-31-25(35)9-5-18-4-7-21(28)22(29)16-18/h4-9,16-17,20H,1-3,10-15H2,(H,31,35)(H2,32,33,36)/b9-5+. The van der Waals surface area contributed by atoms with E-state index in [1.165, 1.54) is 6.08 Å². The second kappa shape index (κ2) is 15.0. The van der Waals surface area contributed by atoms with Gasteiger partial charge in [-0.05, 0) is 86.4 Å². The summed E-state index contributed by atoms with van der Waals surface area (Å²) in [6.07, 6.45) is 8.47. The van der Waals surface area contributed by atoms with Crippen LogP contribution in [0.5, 0.6) is 0 Å². The van der Waals surface area contributed by atoms with E-state index in [4.69, 9.17) is 58.6 Å². The van der Waals surface area contributed by atoms with Gasteiger partial charge in [-0.15, -0.1) is 0 Å². The molecule has 0 atom stereocenters. The van der Waals surface area contributed by atoms with E-state index in [0.717, 1.165) is 63.0 Å². The van der Waals surface area contributed by atoms with Crippen LogP contribution < -0.4 is 16.0 Å². The van der Waals surface area contributed by atoms with Crippen molar-refractivity contribution in [3.8, 4) is 0 Å². The number of carbonyl (C=O) groups is 1. The van der Waals surface area contributed by atoms with Gasteiger partial charge in [0.2, 0.25) is 5.91 Å². The molecule has 1 saturated heterocycles. The largest absolute Gasteiger partial charge is 0.360 e. The molecule has 0 unspecified atom stereocenters. The van der Waals surface area contributed by atoms with Crippen LogP contribution in [0.15, 0.2) is 42.5 Å². The Morgan fingerprint density at radius 3 is 2.47 bits per heavy atom. The summed E-state index contributed by atoms with van der Waals surface area (Å²) in [5, 5.41) is 12.1. The van der Waals surface area contributed by atoms with Crippen LogP contribution in [-0.4, -0.2) is 48.1 Å². The second-order valence-corrected chi connectivity index (χ2v) is 10.8. The molecule has 3 rings (SSSR count). The highest BCUT2D eigenvalue weighted by atomic mass is 35.5. The molecule has 0 aromatic heterocycles. The summed E-state index contributed by atoms with van der Waals surface area (Å²) >= 11 is 29.5. The van der Waals surface area contributed by atoms with Gasteiger partial charge in [-0.3, -0.25) is 4.79 Å². The molecule has 0 saturated carbocycles. The van der Waals surface area contributed by atoms with Gasteiger partial charge in [0, 0.05) is 36.8 Å². The molecule has 1 amide bonds. The first-order valence-corrected chi connectivity index (χ1v) is 13.9. The molecule has 3 N–H and O–H groups in total. The topological polar surface area (TPSA) is 56.4 Å². The summed E-state index contributed by atoms with van der Waals surface area (Å²) in [5.41, 5.74) is 1.58. The molecule has 5 nitrogen and oxygen atoms in total. The Morgan fingerprint density at radius 2 is 1.75 bits per heavy atom. The number of hydrogen-bond acceptors (Lipinski definition) is 3. The van der Waals surface area contributed by atoms with E-state index >= 15 is 0 Å². The summed E-state index contributed by atoms with van der Waals surface area (Å²) in [6, 6.07) is 10.9. The van der Waals surface area contributed by atoms with E-state index in [9.17, 15) is 4.79 Å². The molecule has 1 fully saturated rings. The molecular formula is C26H30Cl4N4OS. The first kappa shape index (κ1) is 29.0. The Labute approximate surface area is 238 Å². The van der Waals surface area contributed by atoms with E-state index < -0.39 is 0 Å². The molecule has 194 valence electrons. The number of unbranched alkanes of at least 4 members (excludes halogenated alkanes) is 2. The minimum absolute atomic E-state index is 0.110. The second-order valence-electron chi connectivity index (χ2n) is 8.70. The molecule has 36 heavy (non-hydrogen) atoms. The van der Waals surface area contributed by atoms with Gasteiger partial charge in [-0.1, -0.05) is 58.9 Å². The molecule has 0 bridgehead atoms. The zero-order valence-electron chi connectivity index (χ0n) is 19.8. The number of rotatable bonds is 10. The lowest BCUT2D eigenvalue weighted by Gasteiger charge is -2.33. The molecule has 1 aliphatic heterocycles. The van der Waals surface area contributed by atoms with E-state index in [-0.39, 0.29) is 5.91 Å². The molecule has 0 spiro atoms. The van der Waals surface area contributed by atoms with Crippen molar-refractivity contribution in [1.82, 2.24) is 15.5 Å². The number of thiocarbonyl (C=S) groups is 1. The molecule has 1 aliphatic rings. The zero-order valence-corrected chi connectivity index (χ0v) is 23.7. The summed E-state index contributed by atoms with van der Waals surface area (Å²) in [4.78, 5) is 14.5. The number of nitrogens with zero attached hydrogens (tertiary/aromatic N) is 1. The molecule has 2 aromatic rings. The Bertz CT molecular complexity index is 1070. The molecule has 2 aromatic carbocycles. The van der Waals surface area contributed by atoms with Gasteiger partial charge in [0.25, 0.3) is 0 Å². The van der Waals surface area contributed by atoms with Crippen LogP contribution in [0.25, 0.3) is 6.08 Å². The summed E-state index contributed by atoms with van der Waals surface area (Å²) in [7, 11) is 0. The fourth-order valence-electron chi connectivity index (χ4n) is 3.93. The van der Waals surface area contributed by atoms with Crippen LogP contribution in [-0.2, 0) is 4.79 Å². The van der Waals surface area contributed by atoms with Crippen LogP contribution in [0.4, 0.5) is 5.69 Å². The van der Waals surface area contributed by atoms with Crippen molar-refractivity contribution in [2.75, 3.05) is 31.5 Å². The lowest BCUT2D eigenvalue weighted by molar-refractivity contribution is -0.116. The van der Waals surface area contributed by atoms with Crippen LogP contribution in [0, 0.1) is 0 Å². The van der Waals surface area contributed by atoms with Crippen LogP contribution in [0.1, 0.15) is 37.7 Å². The van der Waals surface area contributed by atoms with Gasteiger partial charge >= 0.3 is 0 Å². The maximum atomic E-state index is 12.0. The highest BCUT2D eigenvalue weighted by molar-refractivity contribution is 7.80. The maximum Gasteiger partial charge on any atom is 0.243 e. The number of amides is 1. The zero-order chi connectivity index (χ0) is 25.9. The third-order valence-corrected chi connectivity index (χ3v) is 7.43. The number of benzene rings is 2. The predicted molar refractivity (Wildman–Crippen MR) is 158 cm³/mol. The molecule has 0 radical (unpaired) electrons. The minimum atomic E-state index is -0.110. The number of carbonyl (C=O) groups excluding carboxylic acids is 1. The average Bonchev–Trinajstić information content (AvgIpc) is 2.85. The number of likely N-dealkylation sites (tertiary alicyclic amines) is 1. The fourth-order valence-corrected chi connectivity index (χ4v) is 4.97. The number of piperidine rings is 1. The number of nitrogens with one attached hydrogen (secondary N) is 3. The van der Waals surface area contributed by atoms with Crippen molar-refractivity contribution in [3.05, 3.63) is 68.1 Å². The Balaban J connectivity index is 1.23. The molecule has 0 aliphatic carbocycles. The van der Waals surface area contributed by atoms with Gasteiger partial charge < -0.3 is 20.9 Å². The fraction of sp³-hybridized carbons (Fsp3) is 0.385. The van der Waals surface area contributed by atoms with Crippen molar-refractivity contribution < 1.29 is 4.79 Å². The Kier molecular flexibility index (Phi) is 12.1. The van der Waals surface area contributed by atoms with Gasteiger partial charge in [-0.25, -0.2) is 0 Å². The molecule has 1 heterocycles. The van der Waals surface area contributed by atoms with Crippen molar-refractivity contribution in [2.45, 2.75) is 38.1 Å². The maximum absolute atomic E-state index is 12.0. The van der Waals surface area contributed by atoms with Gasteiger partial charge in [0.1, 0.15) is 0 Å². The SMILES string of the molecule is O=C(/C=C/c1ccc(Cl)c(Cl)c1)NCCCCCN1CCC(NC(=S)Nc2ccc(Cl)cc2Cl)CC1. The van der Waals surface area contributed by atoms with Crippen molar-refractivity contribution in [1.29, 1.82) is 0 Å². The number of anilines is 1. The molecule has 10 heteroatoms. The lowest BCUT2D eigenvalue weighted by atomic mass is 10.0. The van der Waals surface area contributed by atoms with E-state index in [1.807, 2.05) is 12.1 Å². The van der Waals surface area contributed by atoms with Crippen LogP contribution >= 0.6 is 58.6 Å². The molecular weight excluding hydrogens is 558 g/mol. The summed E-state index contributed by atoms with van der Waals surface area (Å²) < 4.78 is 0. The number of hydrogen-bond donors (Lipinski definition) is 3. The van der Waals surface area contributed by atoms with E-state index in [2.05, 4.69) is 20.9 Å². The smallest absolute Gasteiger partial charge is 0.243 e. The van der Waals surface area contributed by atoms with E-state index in [0.29, 0.717) is 37.8 Å². The summed E-state index contributed by atoms with van der Waals surface area (Å²) in [6.45, 7) is 3.82. The monoisotopic (exact) mass is 586 g/mol. The van der Waals surface area contributed by atoms with Gasteiger partial charge in [0.15, 0.2) is 5.11 Å². The van der Waals surface area contributed by atoms with Crippen molar-refractivity contribution >= 4 is 81.4 Å². The van der Waals surface area contributed by atoms with Crippen molar-refractivity contribution in [3.63, 3.8) is 0 Å².